The Bertz CT molecular complexity index is 474. The van der Waals surface area contributed by atoms with Crippen molar-refractivity contribution in [3.8, 4) is 0 Å². The first kappa shape index (κ1) is 18.9. The van der Waals surface area contributed by atoms with Crippen molar-refractivity contribution < 1.29 is 19.0 Å². The smallest absolute Gasteiger partial charge is 0.251 e. The first-order chi connectivity index (χ1) is 11.7. The highest BCUT2D eigenvalue weighted by Crippen LogP contribution is 2.14. The summed E-state index contributed by atoms with van der Waals surface area (Å²) in [5, 5.41) is 0. The molecule has 1 heterocycles. The number of rotatable bonds is 9. The van der Waals surface area contributed by atoms with E-state index >= 15 is 0 Å². The lowest BCUT2D eigenvalue weighted by atomic mass is 10.1. The molecule has 1 fully saturated rings. The number of hydrogen-bond acceptors (Lipinski definition) is 4. The fraction of sp³-hybridized carbons (Fsp3) is 0.632. The Labute approximate surface area is 144 Å². The first-order valence-electron chi connectivity index (χ1n) is 8.75. The summed E-state index contributed by atoms with van der Waals surface area (Å²) in [4.78, 5) is 14.5. The zero-order valence-electron chi connectivity index (χ0n) is 14.8. The molecule has 134 valence electrons. The normalized spacial score (nSPS) is 19.0. The van der Waals surface area contributed by atoms with Crippen molar-refractivity contribution in [2.75, 3.05) is 33.5 Å². The second kappa shape index (κ2) is 10.4. The Morgan fingerprint density at radius 1 is 1.33 bits per heavy atom. The van der Waals surface area contributed by atoms with Crippen LogP contribution in [-0.4, -0.2) is 56.5 Å². The fourth-order valence-electron chi connectivity index (χ4n) is 2.79. The molecule has 0 N–H and O–H groups in total. The molecule has 0 bridgehead atoms. The molecule has 0 saturated carbocycles. The molecule has 1 aliphatic heterocycles. The fourth-order valence-corrected chi connectivity index (χ4v) is 2.79. The first-order valence-corrected chi connectivity index (χ1v) is 8.75. The van der Waals surface area contributed by atoms with Gasteiger partial charge in [-0.25, -0.2) is 0 Å². The zero-order valence-corrected chi connectivity index (χ0v) is 14.8. The van der Waals surface area contributed by atoms with E-state index in [2.05, 4.69) is 0 Å². The van der Waals surface area contributed by atoms with E-state index in [0.717, 1.165) is 25.0 Å². The maximum absolute atomic E-state index is 12.7. The van der Waals surface area contributed by atoms with E-state index in [0.29, 0.717) is 26.3 Å². The number of amides is 1. The Hall–Kier alpha value is -1.43. The number of hydrogen-bond donors (Lipinski definition) is 0. The Morgan fingerprint density at radius 3 is 2.79 bits per heavy atom. The van der Waals surface area contributed by atoms with Crippen LogP contribution in [-0.2, 0) is 25.5 Å². The van der Waals surface area contributed by atoms with Crippen LogP contribution >= 0.6 is 0 Å². The number of benzene rings is 1. The van der Waals surface area contributed by atoms with Crippen LogP contribution < -0.4 is 0 Å². The lowest BCUT2D eigenvalue weighted by Gasteiger charge is -2.28. The average Bonchev–Trinajstić information content (AvgIpc) is 2.64. The summed E-state index contributed by atoms with van der Waals surface area (Å²) in [5.74, 6) is -0.00767. The van der Waals surface area contributed by atoms with E-state index in [1.54, 1.807) is 12.0 Å². The van der Waals surface area contributed by atoms with E-state index < -0.39 is 6.10 Å². The molecule has 5 heteroatoms. The van der Waals surface area contributed by atoms with Crippen LogP contribution in [0.4, 0.5) is 0 Å². The third-order valence-corrected chi connectivity index (χ3v) is 4.25. The van der Waals surface area contributed by atoms with Crippen molar-refractivity contribution in [3.63, 3.8) is 0 Å². The molecule has 0 aliphatic carbocycles. The van der Waals surface area contributed by atoms with Gasteiger partial charge in [-0.05, 0) is 31.7 Å². The van der Waals surface area contributed by atoms with Gasteiger partial charge in [0.05, 0.1) is 19.3 Å². The van der Waals surface area contributed by atoms with Gasteiger partial charge in [-0.1, -0.05) is 30.3 Å². The molecule has 1 aliphatic rings. The van der Waals surface area contributed by atoms with Crippen LogP contribution in [0.5, 0.6) is 0 Å². The van der Waals surface area contributed by atoms with E-state index in [1.165, 1.54) is 6.42 Å². The Kier molecular flexibility index (Phi) is 8.22. The zero-order chi connectivity index (χ0) is 17.2. The van der Waals surface area contributed by atoms with E-state index in [4.69, 9.17) is 14.2 Å². The monoisotopic (exact) mass is 335 g/mol. The van der Waals surface area contributed by atoms with Gasteiger partial charge in [-0.3, -0.25) is 4.79 Å². The molecular formula is C19H29NO4. The van der Waals surface area contributed by atoms with Gasteiger partial charge < -0.3 is 19.1 Å². The molecule has 0 unspecified atom stereocenters. The molecule has 0 spiro atoms. The maximum Gasteiger partial charge on any atom is 0.251 e. The molecule has 5 nitrogen and oxygen atoms in total. The Morgan fingerprint density at radius 2 is 2.12 bits per heavy atom. The minimum absolute atomic E-state index is 0.00767. The quantitative estimate of drug-likeness (QED) is 0.696. The number of methoxy groups -OCH3 is 1. The van der Waals surface area contributed by atoms with Gasteiger partial charge in [-0.2, -0.15) is 0 Å². The van der Waals surface area contributed by atoms with Gasteiger partial charge in [-0.15, -0.1) is 0 Å². The van der Waals surface area contributed by atoms with Gasteiger partial charge in [0, 0.05) is 26.8 Å². The molecule has 1 amide bonds. The number of carbonyl (C=O) groups is 1. The molecule has 2 rings (SSSR count). The molecular weight excluding hydrogens is 306 g/mol. The van der Waals surface area contributed by atoms with E-state index in [9.17, 15) is 4.79 Å². The number of nitrogens with zero attached hydrogens (tertiary/aromatic N) is 1. The highest BCUT2D eigenvalue weighted by molar-refractivity contribution is 5.80. The predicted molar refractivity (Wildman–Crippen MR) is 92.7 cm³/mol. The molecule has 0 aromatic heterocycles. The largest absolute Gasteiger partial charge is 0.383 e. The number of carbonyl (C=O) groups excluding carboxylic acids is 1. The van der Waals surface area contributed by atoms with Crippen LogP contribution in [0.3, 0.4) is 0 Å². The van der Waals surface area contributed by atoms with E-state index in [1.807, 2.05) is 37.3 Å². The van der Waals surface area contributed by atoms with Crippen LogP contribution in [0.1, 0.15) is 31.7 Å². The maximum atomic E-state index is 12.7. The molecule has 0 radical (unpaired) electrons. The van der Waals surface area contributed by atoms with Gasteiger partial charge >= 0.3 is 0 Å². The van der Waals surface area contributed by atoms with Crippen LogP contribution in [0.2, 0.25) is 0 Å². The summed E-state index contributed by atoms with van der Waals surface area (Å²) in [6.07, 6.45) is 2.95. The van der Waals surface area contributed by atoms with Crippen molar-refractivity contribution in [2.45, 2.75) is 44.9 Å². The summed E-state index contributed by atoms with van der Waals surface area (Å²) in [5.41, 5.74) is 1.10. The van der Waals surface area contributed by atoms with Gasteiger partial charge in [0.25, 0.3) is 5.91 Å². The van der Waals surface area contributed by atoms with Gasteiger partial charge in [0.15, 0.2) is 0 Å². The molecule has 1 saturated heterocycles. The van der Waals surface area contributed by atoms with Crippen LogP contribution in [0, 0.1) is 0 Å². The van der Waals surface area contributed by atoms with Crippen molar-refractivity contribution in [1.29, 1.82) is 0 Å². The SMILES string of the molecule is COCCN(Cc1ccccc1)C(=O)[C@@H](C)OC[C@@H]1CCCCO1. The minimum atomic E-state index is -0.476. The molecule has 1 aromatic carbocycles. The standard InChI is InChI=1S/C19H29NO4/c1-16(24-15-18-10-6-7-12-23-18)19(21)20(11-13-22-2)14-17-8-4-3-5-9-17/h3-5,8-9,16,18H,6-7,10-15H2,1-2H3/t16-,18+/m1/s1. The lowest BCUT2D eigenvalue weighted by Crippen LogP contribution is -2.41. The number of ether oxygens (including phenoxy) is 3. The van der Waals surface area contributed by atoms with Crippen molar-refractivity contribution in [3.05, 3.63) is 35.9 Å². The Balaban J connectivity index is 1.87. The lowest BCUT2D eigenvalue weighted by molar-refractivity contribution is -0.147. The van der Waals surface area contributed by atoms with Crippen LogP contribution in [0.15, 0.2) is 30.3 Å². The summed E-state index contributed by atoms with van der Waals surface area (Å²) < 4.78 is 16.6. The van der Waals surface area contributed by atoms with Crippen molar-refractivity contribution in [2.24, 2.45) is 0 Å². The second-order valence-corrected chi connectivity index (χ2v) is 6.20. The third-order valence-electron chi connectivity index (χ3n) is 4.25. The predicted octanol–water partition coefficient (Wildman–Crippen LogP) is 2.64. The van der Waals surface area contributed by atoms with Gasteiger partial charge in [0.2, 0.25) is 0 Å². The van der Waals surface area contributed by atoms with E-state index in [-0.39, 0.29) is 12.0 Å². The molecule has 1 aromatic rings. The second-order valence-electron chi connectivity index (χ2n) is 6.20. The topological polar surface area (TPSA) is 48.0 Å². The minimum Gasteiger partial charge on any atom is -0.383 e. The third kappa shape index (κ3) is 6.23. The average molecular weight is 335 g/mol. The van der Waals surface area contributed by atoms with Crippen LogP contribution in [0.25, 0.3) is 0 Å². The summed E-state index contributed by atoms with van der Waals surface area (Å²) >= 11 is 0. The van der Waals surface area contributed by atoms with Crippen molar-refractivity contribution >= 4 is 5.91 Å². The highest BCUT2D eigenvalue weighted by Gasteiger charge is 2.23. The molecule has 2 atom stereocenters. The van der Waals surface area contributed by atoms with Gasteiger partial charge in [0.1, 0.15) is 6.10 Å². The summed E-state index contributed by atoms with van der Waals surface area (Å²) in [7, 11) is 1.64. The van der Waals surface area contributed by atoms with Crippen molar-refractivity contribution in [1.82, 2.24) is 4.90 Å². The summed E-state index contributed by atoms with van der Waals surface area (Å²) in [6.45, 7) is 4.72. The molecule has 24 heavy (non-hydrogen) atoms. The summed E-state index contributed by atoms with van der Waals surface area (Å²) in [6, 6.07) is 9.98. The highest BCUT2D eigenvalue weighted by atomic mass is 16.5.